The van der Waals surface area contributed by atoms with Gasteiger partial charge in [0.05, 0.1) is 25.2 Å². The molecule has 1 saturated heterocycles. The smallest absolute Gasteiger partial charge is 0.317 e. The Labute approximate surface area is 137 Å². The van der Waals surface area contributed by atoms with Gasteiger partial charge in [-0.15, -0.1) is 0 Å². The fourth-order valence-electron chi connectivity index (χ4n) is 3.34. The highest BCUT2D eigenvalue weighted by Gasteiger charge is 2.30. The van der Waals surface area contributed by atoms with Gasteiger partial charge in [0.15, 0.2) is 0 Å². The van der Waals surface area contributed by atoms with E-state index in [1.54, 1.807) is 4.90 Å². The average molecular weight is 322 g/mol. The first-order chi connectivity index (χ1) is 11.2. The number of urea groups is 1. The Morgan fingerprint density at radius 1 is 1.17 bits per heavy atom. The van der Waals surface area contributed by atoms with Crippen LogP contribution >= 0.6 is 0 Å². The van der Waals surface area contributed by atoms with Crippen LogP contribution < -0.4 is 10.6 Å². The lowest BCUT2D eigenvalue weighted by atomic mass is 9.79. The summed E-state index contributed by atoms with van der Waals surface area (Å²) in [5.41, 5.74) is 0. The maximum Gasteiger partial charge on any atom is 0.317 e. The van der Waals surface area contributed by atoms with E-state index >= 15 is 0 Å². The molecule has 128 valence electrons. The van der Waals surface area contributed by atoms with E-state index in [1.165, 1.54) is 6.42 Å². The van der Waals surface area contributed by atoms with Gasteiger partial charge in [-0.3, -0.25) is 4.79 Å². The van der Waals surface area contributed by atoms with Crippen molar-refractivity contribution >= 4 is 11.9 Å². The Bertz CT molecular complexity index is 437. The maximum atomic E-state index is 12.3. The lowest BCUT2D eigenvalue weighted by Crippen LogP contribution is -2.49. The number of hydrogen-bond donors (Lipinski definition) is 2. The molecular formula is C16H26N4O3. The molecule has 1 saturated carbocycles. The van der Waals surface area contributed by atoms with Crippen molar-refractivity contribution in [2.75, 3.05) is 39.4 Å². The largest absolute Gasteiger partial charge is 0.378 e. The second-order valence-electron chi connectivity index (χ2n) is 6.17. The van der Waals surface area contributed by atoms with Crippen molar-refractivity contribution in [1.29, 1.82) is 5.26 Å². The summed E-state index contributed by atoms with van der Waals surface area (Å²) in [6.45, 7) is 2.63. The van der Waals surface area contributed by atoms with Gasteiger partial charge in [-0.2, -0.15) is 5.26 Å². The molecule has 2 N–H and O–H groups in total. The zero-order chi connectivity index (χ0) is 16.5. The van der Waals surface area contributed by atoms with Gasteiger partial charge >= 0.3 is 6.03 Å². The highest BCUT2D eigenvalue weighted by Crippen LogP contribution is 2.30. The van der Waals surface area contributed by atoms with E-state index in [-0.39, 0.29) is 30.3 Å². The SMILES string of the molecule is N#CCNC(=O)C(CNC(=O)N1CCOCC1)C1CCCCC1. The number of carbonyl (C=O) groups excluding carboxylic acids is 2. The van der Waals surface area contributed by atoms with Crippen LogP contribution in [0.1, 0.15) is 32.1 Å². The van der Waals surface area contributed by atoms with Crippen LogP contribution in [0, 0.1) is 23.2 Å². The highest BCUT2D eigenvalue weighted by atomic mass is 16.5. The van der Waals surface area contributed by atoms with Gasteiger partial charge in [-0.25, -0.2) is 4.79 Å². The minimum atomic E-state index is -0.256. The highest BCUT2D eigenvalue weighted by molar-refractivity contribution is 5.81. The van der Waals surface area contributed by atoms with Gasteiger partial charge in [0.1, 0.15) is 6.54 Å². The Balaban J connectivity index is 1.89. The molecule has 2 fully saturated rings. The number of amides is 3. The van der Waals surface area contributed by atoms with Crippen LogP contribution in [0.2, 0.25) is 0 Å². The van der Waals surface area contributed by atoms with E-state index < -0.39 is 0 Å². The molecule has 1 unspecified atom stereocenters. The standard InChI is InChI=1S/C16H26N4O3/c17-6-7-18-15(21)14(13-4-2-1-3-5-13)12-19-16(22)20-8-10-23-11-9-20/h13-14H,1-5,7-12H2,(H,18,21)(H,19,22). The Morgan fingerprint density at radius 2 is 1.87 bits per heavy atom. The molecule has 0 radical (unpaired) electrons. The number of nitrogens with zero attached hydrogens (tertiary/aromatic N) is 2. The van der Waals surface area contributed by atoms with Crippen LogP contribution in [-0.4, -0.2) is 56.2 Å². The number of nitrogens with one attached hydrogen (secondary N) is 2. The van der Waals surface area contributed by atoms with E-state index in [1.807, 2.05) is 6.07 Å². The van der Waals surface area contributed by atoms with Crippen molar-refractivity contribution in [3.05, 3.63) is 0 Å². The van der Waals surface area contributed by atoms with Crippen LogP contribution in [0.4, 0.5) is 4.79 Å². The van der Waals surface area contributed by atoms with Crippen LogP contribution in [0.3, 0.4) is 0 Å². The van der Waals surface area contributed by atoms with Gasteiger partial charge in [0.25, 0.3) is 0 Å². The third-order valence-corrected chi connectivity index (χ3v) is 4.67. The van der Waals surface area contributed by atoms with Crippen molar-refractivity contribution < 1.29 is 14.3 Å². The summed E-state index contributed by atoms with van der Waals surface area (Å²) in [6.07, 6.45) is 5.49. The number of hydrogen-bond acceptors (Lipinski definition) is 4. The third-order valence-electron chi connectivity index (χ3n) is 4.67. The first-order valence-electron chi connectivity index (χ1n) is 8.47. The lowest BCUT2D eigenvalue weighted by Gasteiger charge is -2.31. The van der Waals surface area contributed by atoms with Gasteiger partial charge in [-0.05, 0) is 18.8 Å². The summed E-state index contributed by atoms with van der Waals surface area (Å²) in [6, 6.07) is 1.79. The molecule has 2 rings (SSSR count). The fraction of sp³-hybridized carbons (Fsp3) is 0.812. The molecule has 3 amide bonds. The minimum absolute atomic E-state index is 0.0134. The first kappa shape index (κ1) is 17.5. The monoisotopic (exact) mass is 322 g/mol. The average Bonchev–Trinajstić information content (AvgIpc) is 2.61. The minimum Gasteiger partial charge on any atom is -0.378 e. The summed E-state index contributed by atoms with van der Waals surface area (Å²) in [4.78, 5) is 26.3. The van der Waals surface area contributed by atoms with Crippen molar-refractivity contribution in [2.45, 2.75) is 32.1 Å². The van der Waals surface area contributed by atoms with Crippen LogP contribution in [0.15, 0.2) is 0 Å². The summed E-state index contributed by atoms with van der Waals surface area (Å²) in [5.74, 6) is -0.0956. The Hall–Kier alpha value is -1.81. The third kappa shape index (κ3) is 5.39. The Kier molecular flexibility index (Phi) is 7.14. The topological polar surface area (TPSA) is 94.5 Å². The van der Waals surface area contributed by atoms with E-state index in [0.717, 1.165) is 25.7 Å². The number of carbonyl (C=O) groups is 2. The number of rotatable bonds is 5. The van der Waals surface area contributed by atoms with Crippen LogP contribution in [0.5, 0.6) is 0 Å². The summed E-state index contributed by atoms with van der Waals surface area (Å²) < 4.78 is 5.24. The molecule has 1 aliphatic heterocycles. The van der Waals surface area contributed by atoms with E-state index in [4.69, 9.17) is 10.00 Å². The quantitative estimate of drug-likeness (QED) is 0.734. The van der Waals surface area contributed by atoms with Crippen molar-refractivity contribution in [3.63, 3.8) is 0 Å². The molecule has 1 aliphatic carbocycles. The molecule has 0 aromatic rings. The summed E-state index contributed by atoms with van der Waals surface area (Å²) in [5, 5.41) is 14.2. The lowest BCUT2D eigenvalue weighted by molar-refractivity contribution is -0.126. The molecule has 0 bridgehead atoms. The molecule has 0 aromatic heterocycles. The van der Waals surface area contributed by atoms with Gasteiger partial charge in [0.2, 0.25) is 5.91 Å². The van der Waals surface area contributed by atoms with E-state index in [0.29, 0.717) is 32.8 Å². The van der Waals surface area contributed by atoms with Crippen molar-refractivity contribution in [1.82, 2.24) is 15.5 Å². The molecule has 0 spiro atoms. The summed E-state index contributed by atoms with van der Waals surface area (Å²) in [7, 11) is 0. The van der Waals surface area contributed by atoms with Crippen LogP contribution in [0.25, 0.3) is 0 Å². The second-order valence-corrected chi connectivity index (χ2v) is 6.17. The number of ether oxygens (including phenoxy) is 1. The van der Waals surface area contributed by atoms with Crippen molar-refractivity contribution in [2.24, 2.45) is 11.8 Å². The molecule has 0 aromatic carbocycles. The van der Waals surface area contributed by atoms with E-state index in [9.17, 15) is 9.59 Å². The van der Waals surface area contributed by atoms with Crippen molar-refractivity contribution in [3.8, 4) is 6.07 Å². The molecule has 2 aliphatic rings. The molecule has 7 nitrogen and oxygen atoms in total. The number of morpholine rings is 1. The predicted molar refractivity (Wildman–Crippen MR) is 84.5 cm³/mol. The molecule has 23 heavy (non-hydrogen) atoms. The normalized spacial score (nSPS) is 20.4. The van der Waals surface area contributed by atoms with E-state index in [2.05, 4.69) is 10.6 Å². The predicted octanol–water partition coefficient (Wildman–Crippen LogP) is 0.864. The van der Waals surface area contributed by atoms with Crippen LogP contribution in [-0.2, 0) is 9.53 Å². The molecular weight excluding hydrogens is 296 g/mol. The second kappa shape index (κ2) is 9.36. The van der Waals surface area contributed by atoms with Gasteiger partial charge in [-0.1, -0.05) is 19.3 Å². The number of nitriles is 1. The molecule has 1 heterocycles. The zero-order valence-corrected chi connectivity index (χ0v) is 13.6. The Morgan fingerprint density at radius 3 is 2.52 bits per heavy atom. The zero-order valence-electron chi connectivity index (χ0n) is 13.6. The maximum absolute atomic E-state index is 12.3. The molecule has 7 heteroatoms. The van der Waals surface area contributed by atoms with Gasteiger partial charge in [0, 0.05) is 19.6 Å². The molecule has 1 atom stereocenters. The fourth-order valence-corrected chi connectivity index (χ4v) is 3.34. The first-order valence-corrected chi connectivity index (χ1v) is 8.47. The van der Waals surface area contributed by atoms with Gasteiger partial charge < -0.3 is 20.3 Å². The summed E-state index contributed by atoms with van der Waals surface area (Å²) >= 11 is 0.